The van der Waals surface area contributed by atoms with Crippen molar-refractivity contribution < 1.29 is 22.8 Å². The lowest BCUT2D eigenvalue weighted by molar-refractivity contribution is -0.138. The molecule has 112 valence electrons. The molecule has 1 aromatic heterocycles. The van der Waals surface area contributed by atoms with Crippen molar-refractivity contribution in [2.45, 2.75) is 12.6 Å². The quantitative estimate of drug-likeness (QED) is 0.909. The minimum Gasteiger partial charge on any atom is -0.507 e. The number of halogens is 3. The minimum atomic E-state index is -4.63. The third-order valence-corrected chi connectivity index (χ3v) is 3.36. The number of nitrogens with one attached hydrogen (secondary N) is 1. The molecule has 0 amide bonds. The van der Waals surface area contributed by atoms with Crippen molar-refractivity contribution in [3.63, 3.8) is 0 Å². The molecular formula is C13H12F3N3O2. The van der Waals surface area contributed by atoms with Gasteiger partial charge in [0.1, 0.15) is 5.75 Å². The molecule has 1 fully saturated rings. The molecule has 1 aliphatic rings. The summed E-state index contributed by atoms with van der Waals surface area (Å²) in [4.78, 5) is 4.10. The SMILES string of the molecule is Oc1ccc(-c2noc(CC3CNC3)n2)cc1C(F)(F)F. The molecule has 2 N–H and O–H groups in total. The van der Waals surface area contributed by atoms with Crippen LogP contribution in [-0.4, -0.2) is 28.3 Å². The fourth-order valence-corrected chi connectivity index (χ4v) is 2.10. The molecule has 0 saturated carbocycles. The molecule has 21 heavy (non-hydrogen) atoms. The van der Waals surface area contributed by atoms with E-state index in [0.29, 0.717) is 18.2 Å². The van der Waals surface area contributed by atoms with Gasteiger partial charge in [-0.1, -0.05) is 5.16 Å². The van der Waals surface area contributed by atoms with Crippen LogP contribution in [0.3, 0.4) is 0 Å². The van der Waals surface area contributed by atoms with Crippen LogP contribution in [0.1, 0.15) is 11.5 Å². The van der Waals surface area contributed by atoms with E-state index < -0.39 is 17.5 Å². The van der Waals surface area contributed by atoms with E-state index in [1.54, 1.807) is 0 Å². The lowest BCUT2D eigenvalue weighted by Gasteiger charge is -2.25. The predicted octanol–water partition coefficient (Wildman–Crippen LogP) is 2.22. The fraction of sp³-hybridized carbons (Fsp3) is 0.385. The maximum Gasteiger partial charge on any atom is 0.419 e. The van der Waals surface area contributed by atoms with Gasteiger partial charge in [-0.2, -0.15) is 18.2 Å². The van der Waals surface area contributed by atoms with E-state index in [-0.39, 0.29) is 11.4 Å². The molecule has 2 aromatic rings. The molecular weight excluding hydrogens is 287 g/mol. The summed E-state index contributed by atoms with van der Waals surface area (Å²) in [6.45, 7) is 1.74. The first-order valence-corrected chi connectivity index (χ1v) is 6.37. The number of phenolic OH excluding ortho intramolecular Hbond substituents is 1. The summed E-state index contributed by atoms with van der Waals surface area (Å²) in [6, 6.07) is 3.11. The van der Waals surface area contributed by atoms with E-state index >= 15 is 0 Å². The van der Waals surface area contributed by atoms with Crippen molar-refractivity contribution in [1.82, 2.24) is 15.5 Å². The Morgan fingerprint density at radius 3 is 2.71 bits per heavy atom. The zero-order chi connectivity index (χ0) is 15.0. The number of benzene rings is 1. The van der Waals surface area contributed by atoms with Crippen molar-refractivity contribution in [2.24, 2.45) is 5.92 Å². The topological polar surface area (TPSA) is 71.2 Å². The molecule has 5 nitrogen and oxygen atoms in total. The number of aromatic nitrogens is 2. The highest BCUT2D eigenvalue weighted by molar-refractivity contribution is 5.58. The lowest BCUT2D eigenvalue weighted by Crippen LogP contribution is -2.43. The highest BCUT2D eigenvalue weighted by Gasteiger charge is 2.34. The Morgan fingerprint density at radius 2 is 2.10 bits per heavy atom. The van der Waals surface area contributed by atoms with Gasteiger partial charge in [0.05, 0.1) is 5.56 Å². The van der Waals surface area contributed by atoms with E-state index in [1.165, 1.54) is 6.07 Å². The third kappa shape index (κ3) is 2.85. The normalized spacial score (nSPS) is 16.0. The van der Waals surface area contributed by atoms with Crippen LogP contribution in [0.25, 0.3) is 11.4 Å². The lowest BCUT2D eigenvalue weighted by atomic mass is 10.00. The standard InChI is InChI=1S/C13H12F3N3O2/c14-13(15,16)9-4-8(1-2-10(9)20)12-18-11(21-19-12)3-7-5-17-6-7/h1-2,4,7,17,20H,3,5-6H2. The summed E-state index contributed by atoms with van der Waals surface area (Å²) in [5.41, 5.74) is -0.962. The van der Waals surface area contributed by atoms with Crippen molar-refractivity contribution in [3.8, 4) is 17.1 Å². The Morgan fingerprint density at radius 1 is 1.33 bits per heavy atom. The van der Waals surface area contributed by atoms with E-state index in [9.17, 15) is 18.3 Å². The molecule has 8 heteroatoms. The largest absolute Gasteiger partial charge is 0.507 e. The maximum absolute atomic E-state index is 12.7. The van der Waals surface area contributed by atoms with Crippen LogP contribution in [0.4, 0.5) is 13.2 Å². The van der Waals surface area contributed by atoms with Crippen LogP contribution >= 0.6 is 0 Å². The molecule has 0 atom stereocenters. The van der Waals surface area contributed by atoms with Crippen molar-refractivity contribution in [3.05, 3.63) is 29.7 Å². The van der Waals surface area contributed by atoms with Gasteiger partial charge in [0.15, 0.2) is 0 Å². The van der Waals surface area contributed by atoms with Crippen LogP contribution < -0.4 is 5.32 Å². The van der Waals surface area contributed by atoms with Gasteiger partial charge in [0.2, 0.25) is 11.7 Å². The van der Waals surface area contributed by atoms with Gasteiger partial charge in [-0.15, -0.1) is 0 Å². The predicted molar refractivity (Wildman–Crippen MR) is 66.5 cm³/mol. The number of alkyl halides is 3. The first-order valence-electron chi connectivity index (χ1n) is 6.37. The van der Waals surface area contributed by atoms with E-state index in [4.69, 9.17) is 4.52 Å². The molecule has 0 unspecified atom stereocenters. The third-order valence-electron chi connectivity index (χ3n) is 3.36. The molecule has 0 bridgehead atoms. The van der Waals surface area contributed by atoms with Crippen molar-refractivity contribution in [1.29, 1.82) is 0 Å². The Bertz CT molecular complexity index is 650. The van der Waals surface area contributed by atoms with Gasteiger partial charge >= 0.3 is 6.18 Å². The summed E-state index contributed by atoms with van der Waals surface area (Å²) in [6.07, 6.45) is -4.03. The van der Waals surface area contributed by atoms with Gasteiger partial charge in [-0.3, -0.25) is 0 Å². The van der Waals surface area contributed by atoms with Crippen LogP contribution in [0.2, 0.25) is 0 Å². The zero-order valence-corrected chi connectivity index (χ0v) is 10.8. The summed E-state index contributed by atoms with van der Waals surface area (Å²) in [5.74, 6) is 0.0836. The number of rotatable bonds is 3. The van der Waals surface area contributed by atoms with Gasteiger partial charge in [-0.05, 0) is 37.2 Å². The number of nitrogens with zero attached hydrogens (tertiary/aromatic N) is 2. The van der Waals surface area contributed by atoms with E-state index in [1.807, 2.05) is 0 Å². The first kappa shape index (κ1) is 13.9. The summed E-state index contributed by atoms with van der Waals surface area (Å²) < 4.78 is 43.3. The average molecular weight is 299 g/mol. The van der Waals surface area contributed by atoms with E-state index in [0.717, 1.165) is 25.2 Å². The van der Waals surface area contributed by atoms with Crippen LogP contribution in [0.5, 0.6) is 5.75 Å². The highest BCUT2D eigenvalue weighted by atomic mass is 19.4. The van der Waals surface area contributed by atoms with Gasteiger partial charge in [-0.25, -0.2) is 0 Å². The number of aromatic hydroxyl groups is 1. The van der Waals surface area contributed by atoms with Gasteiger partial charge in [0, 0.05) is 12.0 Å². The molecule has 1 saturated heterocycles. The molecule has 0 aliphatic carbocycles. The molecule has 2 heterocycles. The second-order valence-electron chi connectivity index (χ2n) is 4.97. The summed E-state index contributed by atoms with van der Waals surface area (Å²) >= 11 is 0. The van der Waals surface area contributed by atoms with Crippen LogP contribution in [0.15, 0.2) is 22.7 Å². The van der Waals surface area contributed by atoms with Crippen LogP contribution in [0, 0.1) is 5.92 Å². The Hall–Kier alpha value is -2.09. The summed E-state index contributed by atoms with van der Waals surface area (Å²) in [7, 11) is 0. The molecule has 3 rings (SSSR count). The maximum atomic E-state index is 12.7. The zero-order valence-electron chi connectivity index (χ0n) is 10.8. The Kier molecular flexibility index (Phi) is 3.32. The fourth-order valence-electron chi connectivity index (χ4n) is 2.10. The summed E-state index contributed by atoms with van der Waals surface area (Å²) in [5, 5.41) is 16.1. The average Bonchev–Trinajstić information content (AvgIpc) is 2.81. The molecule has 0 radical (unpaired) electrons. The second kappa shape index (κ2) is 5.03. The Labute approximate surface area is 117 Å². The number of hydrogen-bond acceptors (Lipinski definition) is 5. The molecule has 1 aliphatic heterocycles. The minimum absolute atomic E-state index is 0.0859. The van der Waals surface area contributed by atoms with E-state index in [2.05, 4.69) is 15.5 Å². The highest BCUT2D eigenvalue weighted by Crippen LogP contribution is 2.37. The second-order valence-corrected chi connectivity index (χ2v) is 4.97. The number of phenols is 1. The molecule has 1 aromatic carbocycles. The van der Waals surface area contributed by atoms with Crippen LogP contribution in [-0.2, 0) is 12.6 Å². The monoisotopic (exact) mass is 299 g/mol. The van der Waals surface area contributed by atoms with Gasteiger partial charge in [0.25, 0.3) is 0 Å². The smallest absolute Gasteiger partial charge is 0.419 e. The number of hydrogen-bond donors (Lipinski definition) is 2. The van der Waals surface area contributed by atoms with Gasteiger partial charge < -0.3 is 14.9 Å². The Balaban J connectivity index is 1.86. The van der Waals surface area contributed by atoms with Crippen molar-refractivity contribution >= 4 is 0 Å². The first-order chi connectivity index (χ1) is 9.93. The molecule has 0 spiro atoms. The van der Waals surface area contributed by atoms with Crippen molar-refractivity contribution in [2.75, 3.05) is 13.1 Å².